The standard InChI is InChI=1S/C19H21Br2NO2/c1-12-5-7-16(14(20)9-12)22-18(23)11-24-17-8-6-13(10-15(17)21)19(2,3)4/h5-10H,11H2,1-4H3,(H,22,23). The molecular formula is C19H21Br2NO2. The van der Waals surface area contributed by atoms with Gasteiger partial charge in [0.2, 0.25) is 0 Å². The van der Waals surface area contributed by atoms with Crippen molar-refractivity contribution >= 4 is 43.5 Å². The molecular weight excluding hydrogens is 434 g/mol. The Morgan fingerprint density at radius 1 is 1.08 bits per heavy atom. The smallest absolute Gasteiger partial charge is 0.262 e. The van der Waals surface area contributed by atoms with Crippen LogP contribution in [0, 0.1) is 6.92 Å². The van der Waals surface area contributed by atoms with Crippen LogP contribution in [0.3, 0.4) is 0 Å². The topological polar surface area (TPSA) is 38.3 Å². The minimum atomic E-state index is -0.202. The fourth-order valence-electron chi connectivity index (χ4n) is 2.14. The summed E-state index contributed by atoms with van der Waals surface area (Å²) < 4.78 is 7.33. The van der Waals surface area contributed by atoms with Crippen LogP contribution in [-0.4, -0.2) is 12.5 Å². The zero-order valence-corrected chi connectivity index (χ0v) is 17.4. The maximum atomic E-state index is 12.1. The Kier molecular flexibility index (Phi) is 6.10. The number of anilines is 1. The maximum absolute atomic E-state index is 12.1. The quantitative estimate of drug-likeness (QED) is 0.630. The Balaban J connectivity index is 1.99. The highest BCUT2D eigenvalue weighted by Crippen LogP contribution is 2.31. The van der Waals surface area contributed by atoms with Gasteiger partial charge in [0.05, 0.1) is 10.2 Å². The average molecular weight is 455 g/mol. The number of halogens is 2. The van der Waals surface area contributed by atoms with Crippen molar-refractivity contribution in [2.75, 3.05) is 11.9 Å². The lowest BCUT2D eigenvalue weighted by atomic mass is 9.87. The van der Waals surface area contributed by atoms with Crippen molar-refractivity contribution in [1.82, 2.24) is 0 Å². The fraction of sp³-hybridized carbons (Fsp3) is 0.316. The molecule has 0 aliphatic carbocycles. The van der Waals surface area contributed by atoms with Crippen LogP contribution < -0.4 is 10.1 Å². The molecule has 0 atom stereocenters. The van der Waals surface area contributed by atoms with E-state index in [4.69, 9.17) is 4.74 Å². The van der Waals surface area contributed by atoms with Crippen molar-refractivity contribution in [3.05, 3.63) is 56.5 Å². The van der Waals surface area contributed by atoms with Gasteiger partial charge in [0.1, 0.15) is 5.75 Å². The van der Waals surface area contributed by atoms with Gasteiger partial charge in [-0.1, -0.05) is 32.9 Å². The van der Waals surface area contributed by atoms with E-state index in [0.29, 0.717) is 5.75 Å². The van der Waals surface area contributed by atoms with Crippen LogP contribution >= 0.6 is 31.9 Å². The van der Waals surface area contributed by atoms with Gasteiger partial charge in [-0.2, -0.15) is 0 Å². The Morgan fingerprint density at radius 3 is 2.38 bits per heavy atom. The third kappa shape index (κ3) is 5.08. The molecule has 5 heteroatoms. The summed E-state index contributed by atoms with van der Waals surface area (Å²) in [6.45, 7) is 8.42. The van der Waals surface area contributed by atoms with Gasteiger partial charge in [0.25, 0.3) is 5.91 Å². The molecule has 0 saturated carbocycles. The lowest BCUT2D eigenvalue weighted by Gasteiger charge is -2.20. The van der Waals surface area contributed by atoms with Crippen molar-refractivity contribution in [2.24, 2.45) is 0 Å². The largest absolute Gasteiger partial charge is 0.483 e. The van der Waals surface area contributed by atoms with Gasteiger partial charge in [-0.25, -0.2) is 0 Å². The summed E-state index contributed by atoms with van der Waals surface area (Å²) in [5.41, 5.74) is 3.13. The molecule has 0 heterocycles. The number of nitrogens with one attached hydrogen (secondary N) is 1. The molecule has 24 heavy (non-hydrogen) atoms. The third-order valence-corrected chi connectivity index (χ3v) is 4.83. The average Bonchev–Trinajstić information content (AvgIpc) is 2.48. The molecule has 0 saturated heterocycles. The highest BCUT2D eigenvalue weighted by atomic mass is 79.9. The molecule has 2 rings (SSSR count). The van der Waals surface area contributed by atoms with Gasteiger partial charge in [-0.05, 0) is 79.6 Å². The zero-order chi connectivity index (χ0) is 17.9. The van der Waals surface area contributed by atoms with Crippen LogP contribution in [0.2, 0.25) is 0 Å². The molecule has 0 aromatic heterocycles. The Labute approximate surface area is 160 Å². The second-order valence-corrected chi connectivity index (χ2v) is 8.42. The highest BCUT2D eigenvalue weighted by Gasteiger charge is 2.16. The first-order valence-corrected chi connectivity index (χ1v) is 9.24. The highest BCUT2D eigenvalue weighted by molar-refractivity contribution is 9.11. The van der Waals surface area contributed by atoms with Crippen LogP contribution in [-0.2, 0) is 10.2 Å². The van der Waals surface area contributed by atoms with Gasteiger partial charge in [0, 0.05) is 4.47 Å². The second kappa shape index (κ2) is 7.70. The molecule has 3 nitrogen and oxygen atoms in total. The van der Waals surface area contributed by atoms with Crippen molar-refractivity contribution in [3.8, 4) is 5.75 Å². The molecule has 2 aromatic rings. The molecule has 0 bridgehead atoms. The number of carbonyl (C=O) groups excluding carboxylic acids is 1. The first-order chi connectivity index (χ1) is 11.2. The zero-order valence-electron chi connectivity index (χ0n) is 14.2. The minimum absolute atomic E-state index is 0.0478. The first kappa shape index (κ1) is 19.0. The second-order valence-electron chi connectivity index (χ2n) is 6.72. The van der Waals surface area contributed by atoms with Crippen molar-refractivity contribution < 1.29 is 9.53 Å². The monoisotopic (exact) mass is 453 g/mol. The summed E-state index contributed by atoms with van der Waals surface area (Å²) in [5.74, 6) is 0.451. The SMILES string of the molecule is Cc1ccc(NC(=O)COc2ccc(C(C)(C)C)cc2Br)c(Br)c1. The summed E-state index contributed by atoms with van der Waals surface area (Å²) in [4.78, 5) is 12.1. The van der Waals surface area contributed by atoms with E-state index >= 15 is 0 Å². The molecule has 0 aliphatic rings. The molecule has 1 N–H and O–H groups in total. The number of hydrogen-bond donors (Lipinski definition) is 1. The van der Waals surface area contributed by atoms with E-state index in [1.54, 1.807) is 0 Å². The normalized spacial score (nSPS) is 11.2. The van der Waals surface area contributed by atoms with E-state index in [-0.39, 0.29) is 17.9 Å². The molecule has 128 valence electrons. The van der Waals surface area contributed by atoms with Crippen LogP contribution in [0.15, 0.2) is 45.3 Å². The molecule has 2 aromatic carbocycles. The number of carbonyl (C=O) groups is 1. The van der Waals surface area contributed by atoms with Gasteiger partial charge in [-0.15, -0.1) is 0 Å². The third-order valence-electron chi connectivity index (χ3n) is 3.56. The Bertz CT molecular complexity index is 752. The lowest BCUT2D eigenvalue weighted by molar-refractivity contribution is -0.118. The molecule has 0 spiro atoms. The van der Waals surface area contributed by atoms with Gasteiger partial charge < -0.3 is 10.1 Å². The van der Waals surface area contributed by atoms with Crippen molar-refractivity contribution in [2.45, 2.75) is 33.1 Å². The molecule has 0 radical (unpaired) electrons. The van der Waals surface area contributed by atoms with Crippen LogP contribution in [0.25, 0.3) is 0 Å². The maximum Gasteiger partial charge on any atom is 0.262 e. The van der Waals surface area contributed by atoms with E-state index in [0.717, 1.165) is 20.2 Å². The summed E-state index contributed by atoms with van der Waals surface area (Å²) in [7, 11) is 0. The number of aryl methyl sites for hydroxylation is 1. The number of ether oxygens (including phenoxy) is 1. The predicted molar refractivity (Wildman–Crippen MR) is 106 cm³/mol. The van der Waals surface area contributed by atoms with E-state index in [1.807, 2.05) is 43.3 Å². The van der Waals surface area contributed by atoms with Crippen LogP contribution in [0.4, 0.5) is 5.69 Å². The lowest BCUT2D eigenvalue weighted by Crippen LogP contribution is -2.20. The molecule has 0 unspecified atom stereocenters. The number of benzene rings is 2. The molecule has 0 fully saturated rings. The summed E-state index contributed by atoms with van der Waals surface area (Å²) in [6, 6.07) is 11.7. The predicted octanol–water partition coefficient (Wildman–Crippen LogP) is 5.84. The first-order valence-electron chi connectivity index (χ1n) is 7.65. The number of rotatable bonds is 4. The number of amides is 1. The minimum Gasteiger partial charge on any atom is -0.483 e. The van der Waals surface area contributed by atoms with Crippen LogP contribution in [0.1, 0.15) is 31.9 Å². The van der Waals surface area contributed by atoms with E-state index in [1.165, 1.54) is 5.56 Å². The van der Waals surface area contributed by atoms with Gasteiger partial charge >= 0.3 is 0 Å². The fourth-order valence-corrected chi connectivity index (χ4v) is 3.22. The number of hydrogen-bond acceptors (Lipinski definition) is 2. The van der Waals surface area contributed by atoms with Crippen molar-refractivity contribution in [1.29, 1.82) is 0 Å². The van der Waals surface area contributed by atoms with E-state index in [9.17, 15) is 4.79 Å². The van der Waals surface area contributed by atoms with Crippen molar-refractivity contribution in [3.63, 3.8) is 0 Å². The van der Waals surface area contributed by atoms with Gasteiger partial charge in [-0.3, -0.25) is 4.79 Å². The Morgan fingerprint density at radius 2 is 1.79 bits per heavy atom. The van der Waals surface area contributed by atoms with E-state index in [2.05, 4.69) is 57.9 Å². The Hall–Kier alpha value is -1.33. The van der Waals surface area contributed by atoms with Crippen LogP contribution in [0.5, 0.6) is 5.75 Å². The molecule has 1 amide bonds. The molecule has 0 aliphatic heterocycles. The van der Waals surface area contributed by atoms with Gasteiger partial charge in [0.15, 0.2) is 6.61 Å². The summed E-state index contributed by atoms with van der Waals surface area (Å²) in [5, 5.41) is 2.84. The summed E-state index contributed by atoms with van der Waals surface area (Å²) in [6.07, 6.45) is 0. The van der Waals surface area contributed by atoms with E-state index < -0.39 is 0 Å². The summed E-state index contributed by atoms with van der Waals surface area (Å²) >= 11 is 6.96.